The van der Waals surface area contributed by atoms with E-state index in [-0.39, 0.29) is 6.29 Å². The van der Waals surface area contributed by atoms with Gasteiger partial charge in [-0.1, -0.05) is 22.0 Å². The first-order chi connectivity index (χ1) is 7.17. The van der Waals surface area contributed by atoms with E-state index in [1.807, 2.05) is 12.1 Å². The summed E-state index contributed by atoms with van der Waals surface area (Å²) in [7, 11) is 3.25. The van der Waals surface area contributed by atoms with Gasteiger partial charge >= 0.3 is 0 Å². The number of methoxy groups -OCH3 is 2. The molecular formula is C11H16BrNO2. The summed E-state index contributed by atoms with van der Waals surface area (Å²) in [5.74, 6) is 0. The van der Waals surface area contributed by atoms with E-state index in [2.05, 4.69) is 34.2 Å². The van der Waals surface area contributed by atoms with Crippen LogP contribution in [0.25, 0.3) is 0 Å². The minimum absolute atomic E-state index is 0.218. The van der Waals surface area contributed by atoms with Gasteiger partial charge in [-0.05, 0) is 24.6 Å². The summed E-state index contributed by atoms with van der Waals surface area (Å²) >= 11 is 3.48. The minimum atomic E-state index is -0.218. The number of hydrogen-bond donors (Lipinski definition) is 1. The first-order valence-corrected chi connectivity index (χ1v) is 5.52. The van der Waals surface area contributed by atoms with Crippen molar-refractivity contribution >= 4 is 21.6 Å². The molecule has 1 N–H and O–H groups in total. The maximum Gasteiger partial charge on any atom is 0.173 e. The van der Waals surface area contributed by atoms with E-state index in [4.69, 9.17) is 9.47 Å². The van der Waals surface area contributed by atoms with Crippen molar-refractivity contribution in [2.75, 3.05) is 26.1 Å². The lowest BCUT2D eigenvalue weighted by Crippen LogP contribution is -2.23. The van der Waals surface area contributed by atoms with Crippen molar-refractivity contribution in [3.63, 3.8) is 0 Å². The molecule has 0 saturated heterocycles. The average molecular weight is 274 g/mol. The fourth-order valence-corrected chi connectivity index (χ4v) is 1.55. The molecule has 1 rings (SSSR count). The number of rotatable bonds is 5. The van der Waals surface area contributed by atoms with E-state index in [0.717, 1.165) is 10.2 Å². The van der Waals surface area contributed by atoms with Crippen LogP contribution >= 0.6 is 15.9 Å². The van der Waals surface area contributed by atoms with Crippen LogP contribution in [0.1, 0.15) is 5.56 Å². The molecule has 1 aromatic carbocycles. The number of benzene rings is 1. The van der Waals surface area contributed by atoms with E-state index in [1.54, 1.807) is 14.2 Å². The molecular weight excluding hydrogens is 258 g/mol. The maximum absolute atomic E-state index is 5.08. The molecule has 0 saturated carbocycles. The Morgan fingerprint density at radius 1 is 1.33 bits per heavy atom. The second-order valence-electron chi connectivity index (χ2n) is 3.25. The lowest BCUT2D eigenvalue weighted by molar-refractivity contribution is -0.0914. The minimum Gasteiger partial charge on any atom is -0.380 e. The Bertz CT molecular complexity index is 313. The van der Waals surface area contributed by atoms with Crippen LogP contribution in [0.15, 0.2) is 22.7 Å². The third-order valence-electron chi connectivity index (χ3n) is 2.17. The Morgan fingerprint density at radius 2 is 2.00 bits per heavy atom. The summed E-state index contributed by atoms with van der Waals surface area (Å²) in [5.41, 5.74) is 2.27. The lowest BCUT2D eigenvalue weighted by atomic mass is 10.2. The molecule has 0 radical (unpaired) electrons. The number of ether oxygens (including phenoxy) is 2. The zero-order chi connectivity index (χ0) is 11.3. The monoisotopic (exact) mass is 273 g/mol. The number of hydrogen-bond acceptors (Lipinski definition) is 3. The van der Waals surface area contributed by atoms with Crippen LogP contribution in [-0.4, -0.2) is 27.1 Å². The lowest BCUT2D eigenvalue weighted by Gasteiger charge is -2.15. The highest BCUT2D eigenvalue weighted by Crippen LogP contribution is 2.20. The van der Waals surface area contributed by atoms with Crippen LogP contribution in [0, 0.1) is 6.92 Å². The van der Waals surface area contributed by atoms with Crippen LogP contribution in [0.3, 0.4) is 0 Å². The zero-order valence-electron chi connectivity index (χ0n) is 9.21. The molecule has 1 aromatic rings. The molecule has 0 spiro atoms. The Kier molecular flexibility index (Phi) is 5.08. The van der Waals surface area contributed by atoms with Gasteiger partial charge in [-0.25, -0.2) is 0 Å². The highest BCUT2D eigenvalue weighted by atomic mass is 79.9. The molecule has 0 aliphatic rings. The van der Waals surface area contributed by atoms with Gasteiger partial charge in [-0.2, -0.15) is 0 Å². The molecule has 0 bridgehead atoms. The van der Waals surface area contributed by atoms with Gasteiger partial charge in [-0.15, -0.1) is 0 Å². The van der Waals surface area contributed by atoms with Crippen LogP contribution in [0.4, 0.5) is 5.69 Å². The Hall–Kier alpha value is -0.580. The highest BCUT2D eigenvalue weighted by molar-refractivity contribution is 9.10. The standard InChI is InChI=1S/C11H16BrNO2/c1-8-4-5-9(6-10(8)12)13-7-11(14-2)15-3/h4-6,11,13H,7H2,1-3H3. The molecule has 0 aliphatic heterocycles. The van der Waals surface area contributed by atoms with E-state index >= 15 is 0 Å². The third-order valence-corrected chi connectivity index (χ3v) is 3.02. The largest absolute Gasteiger partial charge is 0.380 e. The Balaban J connectivity index is 2.54. The van der Waals surface area contributed by atoms with Gasteiger partial charge in [0.1, 0.15) is 0 Å². The summed E-state index contributed by atoms with van der Waals surface area (Å²) < 4.78 is 11.3. The predicted molar refractivity (Wildman–Crippen MR) is 65.2 cm³/mol. The summed E-state index contributed by atoms with van der Waals surface area (Å²) in [4.78, 5) is 0. The number of nitrogens with one attached hydrogen (secondary N) is 1. The first kappa shape index (κ1) is 12.5. The van der Waals surface area contributed by atoms with Crippen molar-refractivity contribution in [1.82, 2.24) is 0 Å². The molecule has 84 valence electrons. The van der Waals surface area contributed by atoms with Crippen LogP contribution in [0.2, 0.25) is 0 Å². The maximum atomic E-state index is 5.08. The number of aryl methyl sites for hydroxylation is 1. The zero-order valence-corrected chi connectivity index (χ0v) is 10.8. The molecule has 0 heterocycles. The average Bonchev–Trinajstić information content (AvgIpc) is 2.24. The molecule has 0 amide bonds. The van der Waals surface area contributed by atoms with Gasteiger partial charge in [0.15, 0.2) is 6.29 Å². The topological polar surface area (TPSA) is 30.5 Å². The van der Waals surface area contributed by atoms with Gasteiger partial charge in [0.2, 0.25) is 0 Å². The van der Waals surface area contributed by atoms with Gasteiger partial charge in [0, 0.05) is 24.4 Å². The Labute approximate surface area is 98.9 Å². The summed E-state index contributed by atoms with van der Waals surface area (Å²) in [6.07, 6.45) is -0.218. The molecule has 0 aromatic heterocycles. The smallest absolute Gasteiger partial charge is 0.173 e. The summed E-state index contributed by atoms with van der Waals surface area (Å²) in [5, 5.41) is 3.23. The summed E-state index contributed by atoms with van der Waals surface area (Å²) in [6.45, 7) is 2.68. The van der Waals surface area contributed by atoms with Crippen LogP contribution in [-0.2, 0) is 9.47 Å². The van der Waals surface area contributed by atoms with Crippen LogP contribution < -0.4 is 5.32 Å². The van der Waals surface area contributed by atoms with Gasteiger partial charge in [-0.3, -0.25) is 0 Å². The first-order valence-electron chi connectivity index (χ1n) is 4.73. The molecule has 4 heteroatoms. The molecule has 0 unspecified atom stereocenters. The Morgan fingerprint density at radius 3 is 2.53 bits per heavy atom. The fraction of sp³-hybridized carbons (Fsp3) is 0.455. The van der Waals surface area contributed by atoms with E-state index < -0.39 is 0 Å². The van der Waals surface area contributed by atoms with Gasteiger partial charge in [0.05, 0.1) is 6.54 Å². The number of halogens is 1. The normalized spacial score (nSPS) is 10.7. The fourth-order valence-electron chi connectivity index (χ4n) is 1.17. The quantitative estimate of drug-likeness (QED) is 0.837. The third kappa shape index (κ3) is 3.81. The van der Waals surface area contributed by atoms with Crippen molar-refractivity contribution in [2.24, 2.45) is 0 Å². The van der Waals surface area contributed by atoms with E-state index in [9.17, 15) is 0 Å². The second-order valence-corrected chi connectivity index (χ2v) is 4.10. The van der Waals surface area contributed by atoms with E-state index in [1.165, 1.54) is 5.56 Å². The molecule has 0 atom stereocenters. The molecule has 15 heavy (non-hydrogen) atoms. The molecule has 0 fully saturated rings. The highest BCUT2D eigenvalue weighted by Gasteiger charge is 2.04. The van der Waals surface area contributed by atoms with Crippen LogP contribution in [0.5, 0.6) is 0 Å². The van der Waals surface area contributed by atoms with Gasteiger partial charge < -0.3 is 14.8 Å². The SMILES string of the molecule is COC(CNc1ccc(C)c(Br)c1)OC. The van der Waals surface area contributed by atoms with E-state index in [0.29, 0.717) is 6.54 Å². The predicted octanol–water partition coefficient (Wildman–Crippen LogP) is 2.79. The van der Waals surface area contributed by atoms with Crippen molar-refractivity contribution < 1.29 is 9.47 Å². The number of anilines is 1. The van der Waals surface area contributed by atoms with Crippen molar-refractivity contribution in [2.45, 2.75) is 13.2 Å². The van der Waals surface area contributed by atoms with Crippen molar-refractivity contribution in [1.29, 1.82) is 0 Å². The molecule has 3 nitrogen and oxygen atoms in total. The van der Waals surface area contributed by atoms with Crippen molar-refractivity contribution in [3.8, 4) is 0 Å². The summed E-state index contributed by atoms with van der Waals surface area (Å²) in [6, 6.07) is 6.13. The van der Waals surface area contributed by atoms with Gasteiger partial charge in [0.25, 0.3) is 0 Å². The molecule has 0 aliphatic carbocycles. The van der Waals surface area contributed by atoms with Crippen molar-refractivity contribution in [3.05, 3.63) is 28.2 Å². The second kappa shape index (κ2) is 6.10.